The summed E-state index contributed by atoms with van der Waals surface area (Å²) in [5.74, 6) is 1.78. The van der Waals surface area contributed by atoms with Crippen molar-refractivity contribution in [3.63, 3.8) is 0 Å². The van der Waals surface area contributed by atoms with E-state index in [0.717, 1.165) is 34.9 Å². The van der Waals surface area contributed by atoms with Crippen LogP contribution in [0.5, 0.6) is 5.75 Å². The molecule has 1 atom stereocenters. The summed E-state index contributed by atoms with van der Waals surface area (Å²) in [4.78, 5) is 22.4. The van der Waals surface area contributed by atoms with Gasteiger partial charge in [0, 0.05) is 30.3 Å². The maximum atomic E-state index is 12.9. The van der Waals surface area contributed by atoms with Gasteiger partial charge in [-0.05, 0) is 37.6 Å². The Morgan fingerprint density at radius 1 is 1.22 bits per heavy atom. The average Bonchev–Trinajstić information content (AvgIpc) is 3.22. The Bertz CT molecular complexity index is 968. The molecule has 0 unspecified atom stereocenters. The van der Waals surface area contributed by atoms with Gasteiger partial charge in [-0.25, -0.2) is 4.98 Å². The van der Waals surface area contributed by atoms with Crippen molar-refractivity contribution in [3.8, 4) is 17.0 Å². The Hall–Kier alpha value is -3.08. The number of imidazole rings is 1. The number of para-hydroxylation sites is 1. The van der Waals surface area contributed by atoms with Gasteiger partial charge in [0.2, 0.25) is 0 Å². The number of benzene rings is 2. The van der Waals surface area contributed by atoms with Crippen LogP contribution in [0.1, 0.15) is 27.4 Å². The Labute approximate surface area is 159 Å². The molecule has 3 aromatic rings. The molecule has 27 heavy (non-hydrogen) atoms. The van der Waals surface area contributed by atoms with Crippen molar-refractivity contribution >= 4 is 5.91 Å². The lowest BCUT2D eigenvalue weighted by molar-refractivity contribution is 0.0730. The molecule has 2 heterocycles. The number of amides is 1. The van der Waals surface area contributed by atoms with Crippen LogP contribution >= 0.6 is 0 Å². The van der Waals surface area contributed by atoms with Crippen LogP contribution in [0.2, 0.25) is 0 Å². The maximum Gasteiger partial charge on any atom is 0.253 e. The number of carbonyl (C=O) groups excluding carboxylic acids is 1. The van der Waals surface area contributed by atoms with Crippen molar-refractivity contribution in [3.05, 3.63) is 71.2 Å². The Kier molecular flexibility index (Phi) is 4.44. The molecule has 0 saturated heterocycles. The second-order valence-electron chi connectivity index (χ2n) is 7.11. The predicted octanol–water partition coefficient (Wildman–Crippen LogP) is 3.77. The normalized spacial score (nSPS) is 15.3. The van der Waals surface area contributed by atoms with Gasteiger partial charge in [-0.2, -0.15) is 0 Å². The quantitative estimate of drug-likeness (QED) is 0.770. The third-order valence-corrected chi connectivity index (χ3v) is 4.92. The average molecular weight is 361 g/mol. The Morgan fingerprint density at radius 2 is 2.04 bits per heavy atom. The van der Waals surface area contributed by atoms with Gasteiger partial charge in [0.15, 0.2) is 0 Å². The fourth-order valence-electron chi connectivity index (χ4n) is 3.66. The van der Waals surface area contributed by atoms with Crippen LogP contribution < -0.4 is 4.74 Å². The van der Waals surface area contributed by atoms with Crippen molar-refractivity contribution in [1.29, 1.82) is 0 Å². The third kappa shape index (κ3) is 3.45. The van der Waals surface area contributed by atoms with Crippen LogP contribution in [0.25, 0.3) is 11.3 Å². The first-order valence-electron chi connectivity index (χ1n) is 9.15. The number of rotatable bonds is 4. The molecule has 0 bridgehead atoms. The second kappa shape index (κ2) is 6.91. The smallest absolute Gasteiger partial charge is 0.253 e. The first-order valence-corrected chi connectivity index (χ1v) is 9.15. The highest BCUT2D eigenvalue weighted by molar-refractivity contribution is 5.95. The number of carbonyl (C=O) groups is 1. The monoisotopic (exact) mass is 361 g/mol. The molecule has 1 aromatic heterocycles. The summed E-state index contributed by atoms with van der Waals surface area (Å²) >= 11 is 0. The van der Waals surface area contributed by atoms with Crippen molar-refractivity contribution in [2.24, 2.45) is 0 Å². The minimum atomic E-state index is -0.0127. The summed E-state index contributed by atoms with van der Waals surface area (Å²) in [6, 6.07) is 15.7. The largest absolute Gasteiger partial charge is 0.488 e. The van der Waals surface area contributed by atoms with E-state index in [1.165, 1.54) is 5.56 Å². The van der Waals surface area contributed by atoms with Gasteiger partial charge in [0.25, 0.3) is 5.91 Å². The van der Waals surface area contributed by atoms with Crippen molar-refractivity contribution in [2.75, 3.05) is 13.6 Å². The number of aryl methyl sites for hydroxylation is 2. The number of ether oxygens (including phenoxy) is 1. The van der Waals surface area contributed by atoms with Crippen LogP contribution in [0.4, 0.5) is 0 Å². The Balaban J connectivity index is 1.48. The van der Waals surface area contributed by atoms with E-state index in [4.69, 9.17) is 4.74 Å². The SMILES string of the molecule is Cc1nc(-c2cccc(C(=O)N(C)C[C@@H]3Cc4ccccc4O3)c2)c(C)[nH]1. The molecule has 1 aliphatic heterocycles. The molecule has 5 nitrogen and oxygen atoms in total. The lowest BCUT2D eigenvalue weighted by atomic mass is 10.1. The number of aromatic nitrogens is 2. The van der Waals surface area contributed by atoms with E-state index in [-0.39, 0.29) is 12.0 Å². The standard InChI is InChI=1S/C22H23N3O2/c1-14-21(24-15(2)23-14)17-8-6-9-18(11-17)22(26)25(3)13-19-12-16-7-4-5-10-20(16)27-19/h4-11,19H,12-13H2,1-3H3,(H,23,24)/t19-/m0/s1. The van der Waals surface area contributed by atoms with Crippen molar-refractivity contribution < 1.29 is 9.53 Å². The zero-order chi connectivity index (χ0) is 19.0. The molecule has 1 amide bonds. The number of aromatic amines is 1. The summed E-state index contributed by atoms with van der Waals surface area (Å²) < 4.78 is 5.97. The molecule has 4 rings (SSSR count). The highest BCUT2D eigenvalue weighted by atomic mass is 16.5. The summed E-state index contributed by atoms with van der Waals surface area (Å²) in [7, 11) is 1.82. The van der Waals surface area contributed by atoms with E-state index in [1.54, 1.807) is 4.90 Å². The minimum absolute atomic E-state index is 0.00392. The molecule has 5 heteroatoms. The highest BCUT2D eigenvalue weighted by Gasteiger charge is 2.25. The van der Waals surface area contributed by atoms with Crippen molar-refractivity contribution in [1.82, 2.24) is 14.9 Å². The highest BCUT2D eigenvalue weighted by Crippen LogP contribution is 2.28. The molecule has 2 aromatic carbocycles. The van der Waals surface area contributed by atoms with Crippen molar-refractivity contribution in [2.45, 2.75) is 26.4 Å². The number of likely N-dealkylation sites (N-methyl/N-ethyl adjacent to an activating group) is 1. The zero-order valence-corrected chi connectivity index (χ0v) is 15.8. The van der Waals surface area contributed by atoms with Gasteiger partial charge in [0.1, 0.15) is 17.7 Å². The molecule has 0 spiro atoms. The van der Waals surface area contributed by atoms with E-state index in [1.807, 2.05) is 63.4 Å². The lowest BCUT2D eigenvalue weighted by Gasteiger charge is -2.21. The van der Waals surface area contributed by atoms with Crippen LogP contribution in [0, 0.1) is 13.8 Å². The van der Waals surface area contributed by atoms with Gasteiger partial charge in [0.05, 0.1) is 12.2 Å². The summed E-state index contributed by atoms with van der Waals surface area (Å²) in [5.41, 5.74) is 4.70. The summed E-state index contributed by atoms with van der Waals surface area (Å²) in [6.45, 7) is 4.47. The first kappa shape index (κ1) is 17.3. The van der Waals surface area contributed by atoms with E-state index < -0.39 is 0 Å². The van der Waals surface area contributed by atoms with Gasteiger partial charge in [-0.1, -0.05) is 30.3 Å². The van der Waals surface area contributed by atoms with Crippen LogP contribution in [-0.4, -0.2) is 40.5 Å². The number of nitrogens with one attached hydrogen (secondary N) is 1. The van der Waals surface area contributed by atoms with E-state index in [2.05, 4.69) is 16.0 Å². The van der Waals surface area contributed by atoms with Gasteiger partial charge >= 0.3 is 0 Å². The molecule has 1 aliphatic rings. The predicted molar refractivity (Wildman–Crippen MR) is 105 cm³/mol. The third-order valence-electron chi connectivity index (χ3n) is 4.92. The second-order valence-corrected chi connectivity index (χ2v) is 7.11. The van der Waals surface area contributed by atoms with Gasteiger partial charge < -0.3 is 14.6 Å². The number of hydrogen-bond acceptors (Lipinski definition) is 3. The van der Waals surface area contributed by atoms with Gasteiger partial charge in [-0.3, -0.25) is 4.79 Å². The maximum absolute atomic E-state index is 12.9. The summed E-state index contributed by atoms with van der Waals surface area (Å²) in [5, 5.41) is 0. The fraction of sp³-hybridized carbons (Fsp3) is 0.273. The molecular formula is C22H23N3O2. The molecule has 0 saturated carbocycles. The van der Waals surface area contributed by atoms with Crippen LogP contribution in [-0.2, 0) is 6.42 Å². The van der Waals surface area contributed by atoms with E-state index in [0.29, 0.717) is 12.1 Å². The number of nitrogens with zero attached hydrogens (tertiary/aromatic N) is 2. The molecular weight excluding hydrogens is 338 g/mol. The van der Waals surface area contributed by atoms with Gasteiger partial charge in [-0.15, -0.1) is 0 Å². The number of hydrogen-bond donors (Lipinski definition) is 1. The van der Waals surface area contributed by atoms with E-state index in [9.17, 15) is 4.79 Å². The topological polar surface area (TPSA) is 58.2 Å². The molecule has 138 valence electrons. The molecule has 0 fully saturated rings. The van der Waals surface area contributed by atoms with E-state index >= 15 is 0 Å². The van der Waals surface area contributed by atoms with Crippen LogP contribution in [0.15, 0.2) is 48.5 Å². The minimum Gasteiger partial charge on any atom is -0.488 e. The number of fused-ring (bicyclic) bond motifs is 1. The lowest BCUT2D eigenvalue weighted by Crippen LogP contribution is -2.36. The first-order chi connectivity index (χ1) is 13.0. The number of H-pyrrole nitrogens is 1. The summed E-state index contributed by atoms with van der Waals surface area (Å²) in [6.07, 6.45) is 0.829. The Morgan fingerprint density at radius 3 is 2.78 bits per heavy atom. The van der Waals surface area contributed by atoms with Crippen LogP contribution in [0.3, 0.4) is 0 Å². The zero-order valence-electron chi connectivity index (χ0n) is 15.8. The molecule has 1 N–H and O–H groups in total. The molecule has 0 radical (unpaired) electrons. The molecule has 0 aliphatic carbocycles. The fourth-order valence-corrected chi connectivity index (χ4v) is 3.66.